The summed E-state index contributed by atoms with van der Waals surface area (Å²) in [5.41, 5.74) is 0. The van der Waals surface area contributed by atoms with Crippen LogP contribution in [0.5, 0.6) is 0 Å². The molecule has 0 spiro atoms. The summed E-state index contributed by atoms with van der Waals surface area (Å²) in [6.07, 6.45) is 7.89. The highest BCUT2D eigenvalue weighted by Crippen LogP contribution is 2.29. The predicted molar refractivity (Wildman–Crippen MR) is 71.0 cm³/mol. The van der Waals surface area contributed by atoms with Crippen molar-refractivity contribution in [2.75, 3.05) is 19.6 Å². The monoisotopic (exact) mass is 237 g/mol. The topological polar surface area (TPSA) is 20.3 Å². The standard InChI is InChI=1S/C15H27NO/c1-12-3-5-14(6-4-12)11-16-9-7-15(8-10-16)13(2)17/h12,14-15H,3-11H2,1-2H3. The molecule has 0 aromatic heterocycles. The van der Waals surface area contributed by atoms with Crippen LogP contribution >= 0.6 is 0 Å². The normalized spacial score (nSPS) is 32.6. The molecule has 2 rings (SSSR count). The molecule has 1 aliphatic heterocycles. The zero-order chi connectivity index (χ0) is 12.3. The Bertz CT molecular complexity index is 248. The van der Waals surface area contributed by atoms with Crippen molar-refractivity contribution >= 4 is 5.78 Å². The maximum atomic E-state index is 11.3. The van der Waals surface area contributed by atoms with Crippen LogP contribution < -0.4 is 0 Å². The fraction of sp³-hybridized carbons (Fsp3) is 0.933. The number of rotatable bonds is 3. The van der Waals surface area contributed by atoms with Gasteiger partial charge in [0.1, 0.15) is 5.78 Å². The van der Waals surface area contributed by atoms with Crippen molar-refractivity contribution in [2.24, 2.45) is 17.8 Å². The third kappa shape index (κ3) is 3.80. The van der Waals surface area contributed by atoms with Crippen LogP contribution in [0.15, 0.2) is 0 Å². The van der Waals surface area contributed by atoms with Crippen LogP contribution in [0, 0.1) is 17.8 Å². The highest BCUT2D eigenvalue weighted by atomic mass is 16.1. The first-order valence-electron chi connectivity index (χ1n) is 7.38. The number of Topliss-reactive ketones (excluding diaryl/α,β-unsaturated/α-hetero) is 1. The third-order valence-corrected chi connectivity index (χ3v) is 4.81. The quantitative estimate of drug-likeness (QED) is 0.751. The summed E-state index contributed by atoms with van der Waals surface area (Å²) in [6.45, 7) is 7.72. The molecular formula is C15H27NO. The van der Waals surface area contributed by atoms with Crippen LogP contribution in [0.2, 0.25) is 0 Å². The molecule has 2 nitrogen and oxygen atoms in total. The van der Waals surface area contributed by atoms with Crippen molar-refractivity contribution in [3.05, 3.63) is 0 Å². The summed E-state index contributed by atoms with van der Waals surface area (Å²) in [4.78, 5) is 13.9. The van der Waals surface area contributed by atoms with E-state index in [2.05, 4.69) is 11.8 Å². The molecular weight excluding hydrogens is 210 g/mol. The van der Waals surface area contributed by atoms with Gasteiger partial charge < -0.3 is 4.90 Å². The molecule has 98 valence electrons. The summed E-state index contributed by atoms with van der Waals surface area (Å²) >= 11 is 0. The Morgan fingerprint density at radius 2 is 1.65 bits per heavy atom. The minimum atomic E-state index is 0.359. The minimum absolute atomic E-state index is 0.359. The third-order valence-electron chi connectivity index (χ3n) is 4.81. The molecule has 1 aliphatic carbocycles. The van der Waals surface area contributed by atoms with E-state index in [-0.39, 0.29) is 0 Å². The van der Waals surface area contributed by atoms with Crippen LogP contribution in [-0.4, -0.2) is 30.3 Å². The molecule has 0 atom stereocenters. The number of hydrogen-bond donors (Lipinski definition) is 0. The van der Waals surface area contributed by atoms with Crippen molar-refractivity contribution in [1.82, 2.24) is 4.90 Å². The predicted octanol–water partition coefficient (Wildman–Crippen LogP) is 3.11. The second-order valence-electron chi connectivity index (χ2n) is 6.31. The van der Waals surface area contributed by atoms with E-state index < -0.39 is 0 Å². The fourth-order valence-electron chi connectivity index (χ4n) is 3.40. The molecule has 1 saturated carbocycles. The van der Waals surface area contributed by atoms with E-state index in [1.54, 1.807) is 6.92 Å². The Hall–Kier alpha value is -0.370. The Balaban J connectivity index is 1.69. The first-order valence-corrected chi connectivity index (χ1v) is 7.38. The Morgan fingerprint density at radius 1 is 1.06 bits per heavy atom. The summed E-state index contributed by atoms with van der Waals surface area (Å²) in [6, 6.07) is 0. The van der Waals surface area contributed by atoms with E-state index in [4.69, 9.17) is 0 Å². The van der Waals surface area contributed by atoms with Crippen molar-refractivity contribution in [1.29, 1.82) is 0 Å². The summed E-state index contributed by atoms with van der Waals surface area (Å²) in [5, 5.41) is 0. The number of hydrogen-bond acceptors (Lipinski definition) is 2. The molecule has 1 heterocycles. The van der Waals surface area contributed by atoms with Gasteiger partial charge in [-0.25, -0.2) is 0 Å². The second kappa shape index (κ2) is 5.99. The zero-order valence-corrected chi connectivity index (χ0v) is 11.5. The average molecular weight is 237 g/mol. The maximum absolute atomic E-state index is 11.3. The largest absolute Gasteiger partial charge is 0.303 e. The van der Waals surface area contributed by atoms with Gasteiger partial charge in [0.05, 0.1) is 0 Å². The van der Waals surface area contributed by atoms with Gasteiger partial charge in [-0.05, 0) is 57.5 Å². The lowest BCUT2D eigenvalue weighted by Crippen LogP contribution is -2.39. The smallest absolute Gasteiger partial charge is 0.133 e. The molecule has 0 N–H and O–H groups in total. The van der Waals surface area contributed by atoms with E-state index in [0.29, 0.717) is 11.7 Å². The molecule has 0 aromatic rings. The number of likely N-dealkylation sites (tertiary alicyclic amines) is 1. The molecule has 2 aliphatic rings. The lowest BCUT2D eigenvalue weighted by atomic mass is 9.82. The van der Waals surface area contributed by atoms with Gasteiger partial charge in [-0.15, -0.1) is 0 Å². The van der Waals surface area contributed by atoms with Gasteiger partial charge in [0.15, 0.2) is 0 Å². The van der Waals surface area contributed by atoms with Crippen molar-refractivity contribution in [3.63, 3.8) is 0 Å². The lowest BCUT2D eigenvalue weighted by Gasteiger charge is -2.35. The van der Waals surface area contributed by atoms with Crippen LogP contribution in [0.25, 0.3) is 0 Å². The second-order valence-corrected chi connectivity index (χ2v) is 6.31. The maximum Gasteiger partial charge on any atom is 0.133 e. The highest BCUT2D eigenvalue weighted by molar-refractivity contribution is 5.78. The van der Waals surface area contributed by atoms with Gasteiger partial charge in [0.2, 0.25) is 0 Å². The molecule has 0 unspecified atom stereocenters. The molecule has 0 bridgehead atoms. The van der Waals surface area contributed by atoms with E-state index >= 15 is 0 Å². The zero-order valence-electron chi connectivity index (χ0n) is 11.5. The highest BCUT2D eigenvalue weighted by Gasteiger charge is 2.25. The number of ketones is 1. The number of piperidine rings is 1. The average Bonchev–Trinajstić information content (AvgIpc) is 2.33. The van der Waals surface area contributed by atoms with Gasteiger partial charge in [0, 0.05) is 12.5 Å². The van der Waals surface area contributed by atoms with Gasteiger partial charge in [-0.2, -0.15) is 0 Å². The molecule has 1 saturated heterocycles. The van der Waals surface area contributed by atoms with Crippen LogP contribution in [0.1, 0.15) is 52.4 Å². The molecule has 0 aromatic carbocycles. The summed E-state index contributed by atoms with van der Waals surface area (Å²) < 4.78 is 0. The fourth-order valence-corrected chi connectivity index (χ4v) is 3.40. The molecule has 0 radical (unpaired) electrons. The number of carbonyl (C=O) groups excluding carboxylic acids is 1. The van der Waals surface area contributed by atoms with Crippen LogP contribution in [0.3, 0.4) is 0 Å². The van der Waals surface area contributed by atoms with Crippen molar-refractivity contribution in [3.8, 4) is 0 Å². The molecule has 2 heteroatoms. The van der Waals surface area contributed by atoms with Crippen molar-refractivity contribution in [2.45, 2.75) is 52.4 Å². The Kier molecular flexibility index (Phi) is 4.61. The van der Waals surface area contributed by atoms with E-state index in [1.165, 1.54) is 32.2 Å². The van der Waals surface area contributed by atoms with E-state index in [9.17, 15) is 4.79 Å². The first-order chi connectivity index (χ1) is 8.15. The Labute approximate surface area is 106 Å². The van der Waals surface area contributed by atoms with Gasteiger partial charge in [-0.3, -0.25) is 4.79 Å². The first kappa shape index (κ1) is 13.1. The molecule has 0 amide bonds. The number of nitrogens with zero attached hydrogens (tertiary/aromatic N) is 1. The van der Waals surface area contributed by atoms with E-state index in [0.717, 1.165) is 37.8 Å². The summed E-state index contributed by atoms with van der Waals surface area (Å²) in [5.74, 6) is 2.64. The van der Waals surface area contributed by atoms with E-state index in [1.807, 2.05) is 0 Å². The summed E-state index contributed by atoms with van der Waals surface area (Å²) in [7, 11) is 0. The SMILES string of the molecule is CC(=O)C1CCN(CC2CCC(C)CC2)CC1. The minimum Gasteiger partial charge on any atom is -0.303 e. The van der Waals surface area contributed by atoms with Gasteiger partial charge in [0.25, 0.3) is 0 Å². The Morgan fingerprint density at radius 3 is 2.18 bits per heavy atom. The lowest BCUT2D eigenvalue weighted by molar-refractivity contribution is -0.122. The van der Waals surface area contributed by atoms with Gasteiger partial charge >= 0.3 is 0 Å². The number of carbonyl (C=O) groups is 1. The van der Waals surface area contributed by atoms with Crippen molar-refractivity contribution < 1.29 is 4.79 Å². The van der Waals surface area contributed by atoms with Crippen LogP contribution in [-0.2, 0) is 4.79 Å². The van der Waals surface area contributed by atoms with Crippen LogP contribution in [0.4, 0.5) is 0 Å². The molecule has 17 heavy (non-hydrogen) atoms. The molecule has 2 fully saturated rings. The van der Waals surface area contributed by atoms with Gasteiger partial charge in [-0.1, -0.05) is 19.8 Å².